The van der Waals surface area contributed by atoms with Gasteiger partial charge in [-0.25, -0.2) is 13.1 Å². The molecule has 140 valence electrons. The summed E-state index contributed by atoms with van der Waals surface area (Å²) >= 11 is 6.08. The summed E-state index contributed by atoms with van der Waals surface area (Å²) in [5.41, 5.74) is 2.50. The van der Waals surface area contributed by atoms with Crippen molar-refractivity contribution in [2.45, 2.75) is 25.0 Å². The van der Waals surface area contributed by atoms with Crippen molar-refractivity contribution in [3.63, 3.8) is 0 Å². The summed E-state index contributed by atoms with van der Waals surface area (Å²) in [6.45, 7) is 2.33. The Bertz CT molecular complexity index is 1020. The summed E-state index contributed by atoms with van der Waals surface area (Å²) in [4.78, 5) is 4.27. The highest BCUT2D eigenvalue weighted by Gasteiger charge is 2.17. The molecular formula is C20H19ClN2O3S. The highest BCUT2D eigenvalue weighted by Crippen LogP contribution is 2.23. The maximum Gasteiger partial charge on any atom is 0.242 e. The van der Waals surface area contributed by atoms with Crippen molar-refractivity contribution >= 4 is 21.6 Å². The maximum absolute atomic E-state index is 12.5. The van der Waals surface area contributed by atoms with Crippen LogP contribution in [0.1, 0.15) is 16.8 Å². The van der Waals surface area contributed by atoms with E-state index < -0.39 is 10.0 Å². The highest BCUT2D eigenvalue weighted by molar-refractivity contribution is 7.89. The summed E-state index contributed by atoms with van der Waals surface area (Å²) in [7, 11) is -3.71. The van der Waals surface area contributed by atoms with Gasteiger partial charge in [0.05, 0.1) is 10.7 Å². The van der Waals surface area contributed by atoms with Gasteiger partial charge >= 0.3 is 0 Å². The Morgan fingerprint density at radius 2 is 1.93 bits per heavy atom. The second-order valence-electron chi connectivity index (χ2n) is 6.02. The number of hydrogen-bond acceptors (Lipinski definition) is 4. The molecule has 0 fully saturated rings. The van der Waals surface area contributed by atoms with E-state index in [1.54, 1.807) is 24.4 Å². The lowest BCUT2D eigenvalue weighted by Gasteiger charge is -2.10. The molecule has 0 aliphatic carbocycles. The summed E-state index contributed by atoms with van der Waals surface area (Å²) in [5, 5.41) is 0.204. The topological polar surface area (TPSA) is 68.3 Å². The van der Waals surface area contributed by atoms with E-state index in [0.29, 0.717) is 12.4 Å². The number of pyridine rings is 1. The zero-order valence-electron chi connectivity index (χ0n) is 14.7. The minimum Gasteiger partial charge on any atom is -0.487 e. The minimum absolute atomic E-state index is 0.0670. The number of aryl methyl sites for hydroxylation is 1. The average Bonchev–Trinajstić information content (AvgIpc) is 2.66. The lowest BCUT2D eigenvalue weighted by atomic mass is 10.2. The summed E-state index contributed by atoms with van der Waals surface area (Å²) in [5.74, 6) is 0.644. The quantitative estimate of drug-likeness (QED) is 0.646. The normalized spacial score (nSPS) is 11.3. The fraction of sp³-hybridized carbons (Fsp3) is 0.150. The van der Waals surface area contributed by atoms with Crippen LogP contribution < -0.4 is 9.46 Å². The van der Waals surface area contributed by atoms with Gasteiger partial charge in [-0.3, -0.25) is 4.98 Å². The number of ether oxygens (including phenoxy) is 1. The largest absolute Gasteiger partial charge is 0.487 e. The summed E-state index contributed by atoms with van der Waals surface area (Å²) < 4.78 is 33.3. The smallest absolute Gasteiger partial charge is 0.242 e. The number of aromatic nitrogens is 1. The lowest BCUT2D eigenvalue weighted by molar-refractivity contribution is 0.301. The Hall–Kier alpha value is -2.41. The van der Waals surface area contributed by atoms with Crippen LogP contribution in [0.5, 0.6) is 5.75 Å². The number of sulfonamides is 1. The minimum atomic E-state index is -3.71. The zero-order valence-corrected chi connectivity index (χ0v) is 16.3. The molecule has 0 aliphatic rings. The van der Waals surface area contributed by atoms with Gasteiger partial charge < -0.3 is 4.74 Å². The van der Waals surface area contributed by atoms with E-state index in [1.807, 2.05) is 43.3 Å². The van der Waals surface area contributed by atoms with Crippen LogP contribution >= 0.6 is 11.6 Å². The number of benzene rings is 2. The van der Waals surface area contributed by atoms with E-state index in [9.17, 15) is 8.42 Å². The molecule has 27 heavy (non-hydrogen) atoms. The molecule has 2 aromatic carbocycles. The van der Waals surface area contributed by atoms with Crippen LogP contribution in [-0.4, -0.2) is 13.4 Å². The molecule has 7 heteroatoms. The number of hydrogen-bond donors (Lipinski definition) is 1. The molecule has 1 heterocycles. The van der Waals surface area contributed by atoms with Crippen molar-refractivity contribution in [3.05, 3.63) is 88.7 Å². The van der Waals surface area contributed by atoms with Crippen LogP contribution in [0.3, 0.4) is 0 Å². The van der Waals surface area contributed by atoms with Crippen molar-refractivity contribution in [2.75, 3.05) is 0 Å². The number of nitrogens with one attached hydrogen (secondary N) is 1. The molecule has 0 aliphatic heterocycles. The van der Waals surface area contributed by atoms with Crippen molar-refractivity contribution < 1.29 is 13.2 Å². The van der Waals surface area contributed by atoms with Gasteiger partial charge in [0, 0.05) is 12.7 Å². The molecule has 1 N–H and O–H groups in total. The molecule has 0 atom stereocenters. The van der Waals surface area contributed by atoms with E-state index in [0.717, 1.165) is 16.8 Å². The van der Waals surface area contributed by atoms with E-state index in [-0.39, 0.29) is 16.5 Å². The van der Waals surface area contributed by atoms with Crippen LogP contribution in [0.15, 0.2) is 71.8 Å². The number of rotatable bonds is 7. The van der Waals surface area contributed by atoms with Crippen molar-refractivity contribution in [2.24, 2.45) is 0 Å². The van der Waals surface area contributed by atoms with E-state index in [2.05, 4.69) is 9.71 Å². The summed E-state index contributed by atoms with van der Waals surface area (Å²) in [6, 6.07) is 17.7. The first-order valence-corrected chi connectivity index (χ1v) is 10.2. The molecule has 0 unspecified atom stereocenters. The Balaban J connectivity index is 1.65. The van der Waals surface area contributed by atoms with Gasteiger partial charge in [-0.05, 0) is 54.4 Å². The van der Waals surface area contributed by atoms with Gasteiger partial charge in [-0.15, -0.1) is 0 Å². The molecule has 5 nitrogen and oxygen atoms in total. The van der Waals surface area contributed by atoms with Crippen molar-refractivity contribution in [3.8, 4) is 5.75 Å². The predicted octanol–water partition coefficient (Wildman–Crippen LogP) is 4.10. The molecule has 3 aromatic rings. The van der Waals surface area contributed by atoms with Crippen LogP contribution in [-0.2, 0) is 23.2 Å². The molecular weight excluding hydrogens is 384 g/mol. The molecule has 0 radical (unpaired) electrons. The highest BCUT2D eigenvalue weighted by atomic mass is 35.5. The first-order chi connectivity index (χ1) is 12.9. The zero-order chi connectivity index (χ0) is 19.3. The van der Waals surface area contributed by atoms with E-state index in [4.69, 9.17) is 16.3 Å². The molecule has 0 saturated heterocycles. The fourth-order valence-corrected chi connectivity index (χ4v) is 4.08. The van der Waals surface area contributed by atoms with Crippen molar-refractivity contribution in [1.82, 2.24) is 9.71 Å². The van der Waals surface area contributed by atoms with Crippen LogP contribution in [0.4, 0.5) is 0 Å². The lowest BCUT2D eigenvalue weighted by Crippen LogP contribution is -2.23. The van der Waals surface area contributed by atoms with Crippen LogP contribution in [0.25, 0.3) is 0 Å². The van der Waals surface area contributed by atoms with E-state index >= 15 is 0 Å². The third kappa shape index (κ3) is 5.29. The van der Waals surface area contributed by atoms with Gasteiger partial charge in [-0.1, -0.05) is 35.9 Å². The third-order valence-electron chi connectivity index (χ3n) is 3.85. The molecule has 0 spiro atoms. The number of halogens is 1. The van der Waals surface area contributed by atoms with Gasteiger partial charge in [0.1, 0.15) is 17.3 Å². The SMILES string of the molecule is Cc1ccc(S(=O)(=O)NCc2cccc(OCc3ccccn3)c2)c(Cl)c1. The van der Waals surface area contributed by atoms with Gasteiger partial charge in [0.2, 0.25) is 10.0 Å². The first-order valence-electron chi connectivity index (χ1n) is 8.31. The van der Waals surface area contributed by atoms with Gasteiger partial charge in [0.15, 0.2) is 0 Å². The monoisotopic (exact) mass is 402 g/mol. The van der Waals surface area contributed by atoms with Crippen LogP contribution in [0, 0.1) is 6.92 Å². The molecule has 0 amide bonds. The molecule has 1 aromatic heterocycles. The molecule has 0 bridgehead atoms. The predicted molar refractivity (Wildman–Crippen MR) is 105 cm³/mol. The Labute approximate surface area is 164 Å². The Morgan fingerprint density at radius 3 is 2.67 bits per heavy atom. The second-order valence-corrected chi connectivity index (χ2v) is 8.16. The van der Waals surface area contributed by atoms with Gasteiger partial charge in [0.25, 0.3) is 0 Å². The molecule has 0 saturated carbocycles. The van der Waals surface area contributed by atoms with Gasteiger partial charge in [-0.2, -0.15) is 0 Å². The first kappa shape index (κ1) is 19.4. The maximum atomic E-state index is 12.5. The average molecular weight is 403 g/mol. The fourth-order valence-electron chi connectivity index (χ4n) is 2.47. The number of nitrogens with zero attached hydrogens (tertiary/aromatic N) is 1. The third-order valence-corrected chi connectivity index (χ3v) is 5.74. The summed E-state index contributed by atoms with van der Waals surface area (Å²) in [6.07, 6.45) is 1.71. The van der Waals surface area contributed by atoms with E-state index in [1.165, 1.54) is 6.07 Å². The van der Waals surface area contributed by atoms with Crippen LogP contribution in [0.2, 0.25) is 5.02 Å². The molecule has 3 rings (SSSR count). The second kappa shape index (κ2) is 8.52. The standard InChI is InChI=1S/C20H19ClN2O3S/c1-15-8-9-20(19(21)11-15)27(24,25)23-13-16-5-4-7-18(12-16)26-14-17-6-2-3-10-22-17/h2-12,23H,13-14H2,1H3. The van der Waals surface area contributed by atoms with Crippen molar-refractivity contribution in [1.29, 1.82) is 0 Å². The Morgan fingerprint density at radius 1 is 1.07 bits per heavy atom. The Kier molecular flexibility index (Phi) is 6.11.